The maximum absolute atomic E-state index is 13.7. The van der Waals surface area contributed by atoms with E-state index in [0.29, 0.717) is 6.61 Å². The molecule has 24 heavy (non-hydrogen) atoms. The molecule has 1 aliphatic heterocycles. The van der Waals surface area contributed by atoms with Gasteiger partial charge in [-0.1, -0.05) is 12.1 Å². The molecule has 5 heteroatoms. The van der Waals surface area contributed by atoms with Gasteiger partial charge in [-0.15, -0.1) is 0 Å². The largest absolute Gasteiger partial charge is 0.494 e. The third-order valence-corrected chi connectivity index (χ3v) is 3.94. The minimum Gasteiger partial charge on any atom is -0.494 e. The van der Waals surface area contributed by atoms with E-state index in [1.165, 1.54) is 12.1 Å². The highest BCUT2D eigenvalue weighted by Crippen LogP contribution is 2.35. The Morgan fingerprint density at radius 1 is 1.38 bits per heavy atom. The van der Waals surface area contributed by atoms with Crippen LogP contribution in [0.25, 0.3) is 0 Å². The monoisotopic (exact) mass is 329 g/mol. The molecule has 0 radical (unpaired) electrons. The summed E-state index contributed by atoms with van der Waals surface area (Å²) in [6.45, 7) is 4.70. The molecule has 1 heterocycles. The summed E-state index contributed by atoms with van der Waals surface area (Å²) in [6.07, 6.45) is 0.981. The fourth-order valence-electron chi connectivity index (χ4n) is 2.83. The second-order valence-corrected chi connectivity index (χ2v) is 5.80. The Balaban J connectivity index is 1.78. The smallest absolute Gasteiger partial charge is 0.254 e. The quantitative estimate of drug-likeness (QED) is 0.913. The van der Waals surface area contributed by atoms with E-state index in [1.807, 2.05) is 26.0 Å². The van der Waals surface area contributed by atoms with Crippen molar-refractivity contribution in [2.24, 2.45) is 0 Å². The van der Waals surface area contributed by atoms with Gasteiger partial charge in [0.05, 0.1) is 12.2 Å². The van der Waals surface area contributed by atoms with E-state index in [-0.39, 0.29) is 18.2 Å². The maximum atomic E-state index is 13.7. The predicted octanol–water partition coefficient (Wildman–Crippen LogP) is 3.48. The Hall–Kier alpha value is -2.56. The summed E-state index contributed by atoms with van der Waals surface area (Å²) in [5, 5.41) is 2.74. The van der Waals surface area contributed by atoms with Gasteiger partial charge in [0.1, 0.15) is 23.4 Å². The highest BCUT2D eigenvalue weighted by atomic mass is 19.1. The lowest BCUT2D eigenvalue weighted by molar-refractivity contribution is 0.0946. The normalized spacial score (nSPS) is 15.5. The summed E-state index contributed by atoms with van der Waals surface area (Å²) in [5.41, 5.74) is 1.95. The molecule has 126 valence electrons. The number of benzene rings is 2. The molecule has 1 amide bonds. The molecule has 3 rings (SSSR count). The van der Waals surface area contributed by atoms with Crippen LogP contribution in [-0.2, 0) is 13.0 Å². The van der Waals surface area contributed by atoms with E-state index in [4.69, 9.17) is 9.47 Å². The van der Waals surface area contributed by atoms with E-state index < -0.39 is 11.7 Å². The van der Waals surface area contributed by atoms with Gasteiger partial charge in [0.15, 0.2) is 0 Å². The van der Waals surface area contributed by atoms with E-state index in [9.17, 15) is 9.18 Å². The fourth-order valence-corrected chi connectivity index (χ4v) is 2.83. The molecule has 2 aromatic carbocycles. The standard InChI is InChI=1S/C19H20FNO3/c1-3-23-17-9-13-8-12(2)24-18(13)10-14(17)11-21-19(22)15-6-4-5-7-16(15)20/h4-7,9-10,12H,3,8,11H2,1-2H3,(H,21,22)/t12-/m1/s1. The number of hydrogen-bond acceptors (Lipinski definition) is 3. The first-order valence-electron chi connectivity index (χ1n) is 8.06. The van der Waals surface area contributed by atoms with Crippen LogP contribution in [0.2, 0.25) is 0 Å². The Morgan fingerprint density at radius 2 is 2.17 bits per heavy atom. The number of fused-ring (bicyclic) bond motifs is 1. The fraction of sp³-hybridized carbons (Fsp3) is 0.316. The second-order valence-electron chi connectivity index (χ2n) is 5.80. The third-order valence-electron chi connectivity index (χ3n) is 3.94. The molecule has 1 atom stereocenters. The average molecular weight is 329 g/mol. The minimum absolute atomic E-state index is 0.0292. The number of carbonyl (C=O) groups is 1. The summed E-state index contributed by atoms with van der Waals surface area (Å²) in [4.78, 5) is 12.2. The number of amides is 1. The summed E-state index contributed by atoms with van der Waals surface area (Å²) in [6, 6.07) is 9.78. The first-order valence-corrected chi connectivity index (χ1v) is 8.06. The van der Waals surface area contributed by atoms with Crippen LogP contribution in [0.15, 0.2) is 36.4 Å². The first kappa shape index (κ1) is 16.3. The van der Waals surface area contributed by atoms with Crippen LogP contribution in [0.1, 0.15) is 35.3 Å². The molecule has 0 unspecified atom stereocenters. The van der Waals surface area contributed by atoms with Crippen molar-refractivity contribution in [1.82, 2.24) is 5.32 Å². The summed E-state index contributed by atoms with van der Waals surface area (Å²) < 4.78 is 25.1. The molecule has 0 fully saturated rings. The molecule has 4 nitrogen and oxygen atoms in total. The van der Waals surface area contributed by atoms with Gasteiger partial charge >= 0.3 is 0 Å². The number of halogens is 1. The molecule has 2 aromatic rings. The van der Waals surface area contributed by atoms with Crippen molar-refractivity contribution in [3.05, 3.63) is 58.9 Å². The zero-order chi connectivity index (χ0) is 17.1. The van der Waals surface area contributed by atoms with Crippen LogP contribution in [0, 0.1) is 5.82 Å². The van der Waals surface area contributed by atoms with Crippen molar-refractivity contribution in [3.8, 4) is 11.5 Å². The van der Waals surface area contributed by atoms with Crippen LogP contribution in [0.5, 0.6) is 11.5 Å². The van der Waals surface area contributed by atoms with E-state index >= 15 is 0 Å². The van der Waals surface area contributed by atoms with E-state index in [0.717, 1.165) is 29.0 Å². The molecular formula is C19H20FNO3. The molecular weight excluding hydrogens is 309 g/mol. The predicted molar refractivity (Wildman–Crippen MR) is 89.0 cm³/mol. The van der Waals surface area contributed by atoms with Gasteiger partial charge < -0.3 is 14.8 Å². The lowest BCUT2D eigenvalue weighted by atomic mass is 10.1. The van der Waals surface area contributed by atoms with Crippen molar-refractivity contribution >= 4 is 5.91 Å². The van der Waals surface area contributed by atoms with E-state index in [2.05, 4.69) is 5.32 Å². The van der Waals surface area contributed by atoms with Gasteiger partial charge in [-0.05, 0) is 38.1 Å². The topological polar surface area (TPSA) is 47.6 Å². The Morgan fingerprint density at radius 3 is 2.92 bits per heavy atom. The zero-order valence-electron chi connectivity index (χ0n) is 13.8. The maximum Gasteiger partial charge on any atom is 0.254 e. The molecule has 0 aromatic heterocycles. The Bertz CT molecular complexity index is 760. The Labute approximate surface area is 140 Å². The highest BCUT2D eigenvalue weighted by Gasteiger charge is 2.22. The van der Waals surface area contributed by atoms with Crippen LogP contribution in [-0.4, -0.2) is 18.6 Å². The van der Waals surface area contributed by atoms with Gasteiger partial charge in [0.2, 0.25) is 0 Å². The summed E-state index contributed by atoms with van der Waals surface area (Å²) >= 11 is 0. The summed E-state index contributed by atoms with van der Waals surface area (Å²) in [5.74, 6) is 0.556. The van der Waals surface area contributed by atoms with Crippen LogP contribution in [0.4, 0.5) is 4.39 Å². The molecule has 1 N–H and O–H groups in total. The summed E-state index contributed by atoms with van der Waals surface area (Å²) in [7, 11) is 0. The van der Waals surface area contributed by atoms with Crippen molar-refractivity contribution in [3.63, 3.8) is 0 Å². The number of nitrogens with one attached hydrogen (secondary N) is 1. The zero-order valence-corrected chi connectivity index (χ0v) is 13.8. The molecule has 0 bridgehead atoms. The number of hydrogen-bond donors (Lipinski definition) is 1. The molecule has 0 aliphatic carbocycles. The first-order chi connectivity index (χ1) is 11.6. The van der Waals surface area contributed by atoms with Crippen LogP contribution in [0.3, 0.4) is 0 Å². The molecule has 0 saturated heterocycles. The van der Waals surface area contributed by atoms with Gasteiger partial charge in [0, 0.05) is 24.1 Å². The highest BCUT2D eigenvalue weighted by molar-refractivity contribution is 5.94. The molecule has 0 saturated carbocycles. The SMILES string of the molecule is CCOc1cc2c(cc1CNC(=O)c1ccccc1F)O[C@H](C)C2. The number of carbonyl (C=O) groups excluding carboxylic acids is 1. The average Bonchev–Trinajstić information content (AvgIpc) is 2.92. The lowest BCUT2D eigenvalue weighted by Gasteiger charge is -2.13. The Kier molecular flexibility index (Phi) is 4.69. The van der Waals surface area contributed by atoms with Crippen molar-refractivity contribution in [2.45, 2.75) is 32.9 Å². The molecule has 1 aliphatic rings. The van der Waals surface area contributed by atoms with Crippen LogP contribution >= 0.6 is 0 Å². The van der Waals surface area contributed by atoms with Crippen LogP contribution < -0.4 is 14.8 Å². The lowest BCUT2D eigenvalue weighted by Crippen LogP contribution is -2.24. The van der Waals surface area contributed by atoms with Crippen molar-refractivity contribution in [1.29, 1.82) is 0 Å². The minimum atomic E-state index is -0.536. The number of ether oxygens (including phenoxy) is 2. The van der Waals surface area contributed by atoms with Gasteiger partial charge in [0.25, 0.3) is 5.91 Å². The van der Waals surface area contributed by atoms with Crippen molar-refractivity contribution in [2.75, 3.05) is 6.61 Å². The van der Waals surface area contributed by atoms with Gasteiger partial charge in [-0.2, -0.15) is 0 Å². The van der Waals surface area contributed by atoms with E-state index in [1.54, 1.807) is 12.1 Å². The van der Waals surface area contributed by atoms with Crippen molar-refractivity contribution < 1.29 is 18.7 Å². The van der Waals surface area contributed by atoms with Gasteiger partial charge in [-0.25, -0.2) is 4.39 Å². The van der Waals surface area contributed by atoms with Gasteiger partial charge in [-0.3, -0.25) is 4.79 Å². The second kappa shape index (κ2) is 6.91. The third kappa shape index (κ3) is 3.35. The molecule has 0 spiro atoms. The number of rotatable bonds is 5.